The fourth-order valence-electron chi connectivity index (χ4n) is 1.73. The Morgan fingerprint density at radius 3 is 2.19 bits per heavy atom. The quantitative estimate of drug-likeness (QED) is 0.427. The zero-order chi connectivity index (χ0) is 21.3. The first-order valence-corrected chi connectivity index (χ1v) is 10.0. The number of rotatable bonds is 10. The molecule has 156 valence electrons. The molecule has 0 aromatic rings. The van der Waals surface area contributed by atoms with Gasteiger partial charge in [0, 0.05) is 19.5 Å². The predicted octanol–water partition coefficient (Wildman–Crippen LogP) is 3.61. The van der Waals surface area contributed by atoms with E-state index in [-0.39, 0.29) is 25.4 Å². The van der Waals surface area contributed by atoms with Crippen molar-refractivity contribution in [3.05, 3.63) is 36.0 Å². The van der Waals surface area contributed by atoms with E-state index in [2.05, 4.69) is 16.6 Å². The van der Waals surface area contributed by atoms with Crippen molar-refractivity contribution in [1.82, 2.24) is 10.0 Å². The number of allylic oxidation sites excluding steroid dienone is 4. The first-order chi connectivity index (χ1) is 12.2. The molecule has 27 heavy (non-hydrogen) atoms. The van der Waals surface area contributed by atoms with Gasteiger partial charge in [-0.1, -0.05) is 30.4 Å². The second-order valence-corrected chi connectivity index (χ2v) is 9.60. The molecule has 0 aliphatic heterocycles. The van der Waals surface area contributed by atoms with Crippen LogP contribution in [0.2, 0.25) is 0 Å². The summed E-state index contributed by atoms with van der Waals surface area (Å²) in [7, 11) is -3.40. The van der Waals surface area contributed by atoms with E-state index < -0.39 is 26.5 Å². The summed E-state index contributed by atoms with van der Waals surface area (Å²) in [5, 5.41) is 2.61. The summed E-state index contributed by atoms with van der Waals surface area (Å²) < 4.78 is 62.9. The number of carbonyl (C=O) groups excluding carboxylic acids is 1. The third-order valence-electron chi connectivity index (χ3n) is 3.59. The maximum absolute atomic E-state index is 12.5. The molecule has 9 heteroatoms. The van der Waals surface area contributed by atoms with Gasteiger partial charge in [0.15, 0.2) is 0 Å². The Morgan fingerprint density at radius 1 is 1.11 bits per heavy atom. The van der Waals surface area contributed by atoms with E-state index in [0.717, 1.165) is 12.2 Å². The van der Waals surface area contributed by atoms with Crippen LogP contribution in [-0.4, -0.2) is 38.3 Å². The Kier molecular flexibility index (Phi) is 10.0. The number of alkyl halides is 3. The van der Waals surface area contributed by atoms with Gasteiger partial charge >= 0.3 is 6.18 Å². The Balaban J connectivity index is 4.23. The van der Waals surface area contributed by atoms with Gasteiger partial charge in [0.05, 0.1) is 10.3 Å². The molecule has 0 heterocycles. The Labute approximate surface area is 159 Å². The summed E-state index contributed by atoms with van der Waals surface area (Å²) in [4.78, 5) is 11.7. The highest BCUT2D eigenvalue weighted by atomic mass is 32.2. The summed E-state index contributed by atoms with van der Waals surface area (Å²) in [5.74, 6) is -0.245. The number of unbranched alkanes of at least 4 members (excludes halogenated alkanes) is 1. The molecule has 0 aliphatic rings. The van der Waals surface area contributed by atoms with Crippen LogP contribution in [0, 0.1) is 0 Å². The third-order valence-corrected chi connectivity index (χ3v) is 5.78. The van der Waals surface area contributed by atoms with Crippen LogP contribution in [0.5, 0.6) is 0 Å². The molecule has 0 aromatic heterocycles. The van der Waals surface area contributed by atoms with E-state index >= 15 is 0 Å². The van der Waals surface area contributed by atoms with E-state index in [9.17, 15) is 26.4 Å². The minimum Gasteiger partial charge on any atom is -0.352 e. The van der Waals surface area contributed by atoms with Crippen LogP contribution in [0.4, 0.5) is 13.2 Å². The van der Waals surface area contributed by atoms with Crippen molar-refractivity contribution >= 4 is 15.9 Å². The van der Waals surface area contributed by atoms with E-state index in [1.54, 1.807) is 27.7 Å². The first-order valence-electron chi connectivity index (χ1n) is 8.53. The summed E-state index contributed by atoms with van der Waals surface area (Å²) in [5.41, 5.74) is -0.296. The summed E-state index contributed by atoms with van der Waals surface area (Å²) >= 11 is 0. The molecule has 0 bridgehead atoms. The Bertz CT molecular complexity index is 673. The molecule has 0 saturated heterocycles. The van der Waals surface area contributed by atoms with Gasteiger partial charge in [-0.05, 0) is 40.5 Å². The number of sulfonamides is 1. The number of hydrogen-bond donors (Lipinski definition) is 2. The van der Waals surface area contributed by atoms with Gasteiger partial charge in [0.25, 0.3) is 0 Å². The summed E-state index contributed by atoms with van der Waals surface area (Å²) in [6.45, 7) is 9.91. The zero-order valence-electron chi connectivity index (χ0n) is 16.2. The van der Waals surface area contributed by atoms with Crippen molar-refractivity contribution in [2.75, 3.05) is 13.1 Å². The minimum absolute atomic E-state index is 0.133. The average molecular weight is 411 g/mol. The highest BCUT2D eigenvalue weighted by Crippen LogP contribution is 2.26. The van der Waals surface area contributed by atoms with Gasteiger partial charge in [-0.25, -0.2) is 13.1 Å². The van der Waals surface area contributed by atoms with Crippen molar-refractivity contribution in [2.45, 2.75) is 57.9 Å². The van der Waals surface area contributed by atoms with Crippen LogP contribution in [0.3, 0.4) is 0 Å². The van der Waals surface area contributed by atoms with Crippen molar-refractivity contribution in [3.8, 4) is 0 Å². The van der Waals surface area contributed by atoms with Crippen molar-refractivity contribution in [3.63, 3.8) is 0 Å². The molecule has 0 fully saturated rings. The van der Waals surface area contributed by atoms with Crippen molar-refractivity contribution in [1.29, 1.82) is 0 Å². The van der Waals surface area contributed by atoms with Gasteiger partial charge < -0.3 is 5.32 Å². The number of amides is 1. The fourth-order valence-corrected chi connectivity index (χ4v) is 2.58. The van der Waals surface area contributed by atoms with E-state index in [1.165, 1.54) is 6.08 Å². The van der Waals surface area contributed by atoms with Crippen LogP contribution >= 0.6 is 0 Å². The van der Waals surface area contributed by atoms with E-state index in [1.807, 2.05) is 0 Å². The normalized spacial score (nSPS) is 14.2. The molecule has 2 N–H and O–H groups in total. The van der Waals surface area contributed by atoms with Gasteiger partial charge in [0.2, 0.25) is 15.9 Å². The highest BCUT2D eigenvalue weighted by Gasteiger charge is 2.30. The minimum atomic E-state index is -4.46. The SMILES string of the molecule is C=C/C(=C\C=C(/C)CNC(=O)CCCCNS(=O)(=O)C(C)(C)C)C(F)(F)F. The number of nitrogens with one attached hydrogen (secondary N) is 2. The first kappa shape index (κ1) is 25.4. The lowest BCUT2D eigenvalue weighted by Gasteiger charge is -2.19. The van der Waals surface area contributed by atoms with Gasteiger partial charge in [-0.2, -0.15) is 13.2 Å². The molecule has 0 rings (SSSR count). The Hall–Kier alpha value is -1.61. The predicted molar refractivity (Wildman–Crippen MR) is 102 cm³/mol. The third kappa shape index (κ3) is 10.3. The fraction of sp³-hybridized carbons (Fsp3) is 0.611. The van der Waals surface area contributed by atoms with Crippen LogP contribution in [-0.2, 0) is 14.8 Å². The molecular weight excluding hydrogens is 381 g/mol. The molecule has 0 atom stereocenters. The maximum atomic E-state index is 12.5. The highest BCUT2D eigenvalue weighted by molar-refractivity contribution is 7.90. The number of halogens is 3. The standard InChI is InChI=1S/C18H29F3N2O3S/c1-6-15(18(19,20)21)11-10-14(2)13-22-16(24)9-7-8-12-23-27(25,26)17(3,4)5/h6,10-11,23H,1,7-9,12-13H2,2-5H3,(H,22,24)/b14-10+,15-11+. The molecule has 1 amide bonds. The van der Waals surface area contributed by atoms with Gasteiger partial charge in [-0.15, -0.1) is 0 Å². The molecule has 0 saturated carbocycles. The largest absolute Gasteiger partial charge is 0.416 e. The molecule has 0 spiro atoms. The van der Waals surface area contributed by atoms with Gasteiger partial charge in [0.1, 0.15) is 0 Å². The molecule has 0 radical (unpaired) electrons. The van der Waals surface area contributed by atoms with Crippen LogP contribution in [0.1, 0.15) is 47.0 Å². The monoisotopic (exact) mass is 410 g/mol. The lowest BCUT2D eigenvalue weighted by Crippen LogP contribution is -2.39. The van der Waals surface area contributed by atoms with Crippen molar-refractivity contribution in [2.24, 2.45) is 0 Å². The lowest BCUT2D eigenvalue weighted by molar-refractivity contribution is -0.121. The summed E-state index contributed by atoms with van der Waals surface area (Å²) in [6.07, 6.45) is -0.320. The van der Waals surface area contributed by atoms with Crippen LogP contribution in [0.15, 0.2) is 36.0 Å². The molecule has 0 aliphatic carbocycles. The number of hydrogen-bond acceptors (Lipinski definition) is 3. The van der Waals surface area contributed by atoms with E-state index in [4.69, 9.17) is 0 Å². The van der Waals surface area contributed by atoms with Gasteiger partial charge in [-0.3, -0.25) is 4.79 Å². The average Bonchev–Trinajstić information content (AvgIpc) is 2.50. The van der Waals surface area contributed by atoms with Crippen LogP contribution in [0.25, 0.3) is 0 Å². The van der Waals surface area contributed by atoms with Crippen LogP contribution < -0.4 is 10.0 Å². The molecule has 0 unspecified atom stereocenters. The molecular formula is C18H29F3N2O3S. The van der Waals surface area contributed by atoms with E-state index in [0.29, 0.717) is 18.4 Å². The topological polar surface area (TPSA) is 75.3 Å². The molecule has 0 aromatic carbocycles. The van der Waals surface area contributed by atoms with Crippen molar-refractivity contribution < 1.29 is 26.4 Å². The second-order valence-electron chi connectivity index (χ2n) is 7.08. The maximum Gasteiger partial charge on any atom is 0.416 e. The second kappa shape index (κ2) is 10.7. The molecule has 5 nitrogen and oxygen atoms in total. The smallest absolute Gasteiger partial charge is 0.352 e. The number of carbonyl (C=O) groups is 1. The summed E-state index contributed by atoms with van der Waals surface area (Å²) in [6, 6.07) is 0. The zero-order valence-corrected chi connectivity index (χ0v) is 17.1. The Morgan fingerprint density at radius 2 is 1.70 bits per heavy atom. The lowest BCUT2D eigenvalue weighted by atomic mass is 10.2.